The third kappa shape index (κ3) is 1.53. The molecule has 0 saturated carbocycles. The zero-order chi connectivity index (χ0) is 12.0. The Morgan fingerprint density at radius 3 is 2.82 bits per heavy atom. The molecule has 0 radical (unpaired) electrons. The van der Waals surface area contributed by atoms with Gasteiger partial charge in [0.25, 0.3) is 0 Å². The molecule has 0 bridgehead atoms. The third-order valence-corrected chi connectivity index (χ3v) is 4.17. The van der Waals surface area contributed by atoms with Crippen LogP contribution in [0.25, 0.3) is 0 Å². The summed E-state index contributed by atoms with van der Waals surface area (Å²) in [6, 6.07) is 7.63. The summed E-state index contributed by atoms with van der Waals surface area (Å²) in [6.07, 6.45) is 2.19. The van der Waals surface area contributed by atoms with Crippen molar-refractivity contribution in [1.29, 1.82) is 0 Å². The molecule has 0 spiro atoms. The van der Waals surface area contributed by atoms with E-state index >= 15 is 0 Å². The molecule has 2 saturated heterocycles. The van der Waals surface area contributed by atoms with Crippen LogP contribution in [0.3, 0.4) is 0 Å². The van der Waals surface area contributed by atoms with Crippen molar-refractivity contribution in [3.63, 3.8) is 0 Å². The van der Waals surface area contributed by atoms with Gasteiger partial charge in [-0.2, -0.15) is 0 Å². The number of carbonyl (C=O) groups excluding carboxylic acids is 1. The van der Waals surface area contributed by atoms with Crippen LogP contribution in [0.2, 0.25) is 5.02 Å². The molecule has 0 aromatic heterocycles. The van der Waals surface area contributed by atoms with Gasteiger partial charge in [-0.3, -0.25) is 4.90 Å². The van der Waals surface area contributed by atoms with Crippen molar-refractivity contribution in [2.24, 2.45) is 0 Å². The van der Waals surface area contributed by atoms with Crippen molar-refractivity contribution in [3.05, 3.63) is 29.3 Å². The molecule has 2 amide bonds. The van der Waals surface area contributed by atoms with Crippen LogP contribution in [-0.4, -0.2) is 29.6 Å². The Kier molecular flexibility index (Phi) is 2.33. The van der Waals surface area contributed by atoms with Gasteiger partial charge in [-0.15, -0.1) is 0 Å². The summed E-state index contributed by atoms with van der Waals surface area (Å²) < 4.78 is 0. The van der Waals surface area contributed by atoms with Crippen molar-refractivity contribution in [2.75, 3.05) is 18.0 Å². The third-order valence-electron chi connectivity index (χ3n) is 3.85. The first-order chi connectivity index (χ1) is 8.12. The lowest BCUT2D eigenvalue weighted by molar-refractivity contribution is 0.197. The average molecular weight is 251 g/mol. The molecular formula is C13H15ClN2O. The second-order valence-electron chi connectivity index (χ2n) is 5.07. The predicted octanol–water partition coefficient (Wildman–Crippen LogP) is 3.13. The molecule has 1 atom stereocenters. The van der Waals surface area contributed by atoms with Gasteiger partial charge in [0.05, 0.1) is 22.8 Å². The van der Waals surface area contributed by atoms with Crippen LogP contribution >= 0.6 is 11.6 Å². The van der Waals surface area contributed by atoms with Gasteiger partial charge in [0, 0.05) is 6.54 Å². The van der Waals surface area contributed by atoms with Crippen LogP contribution in [-0.2, 0) is 0 Å². The molecule has 2 aliphatic rings. The van der Waals surface area contributed by atoms with E-state index in [2.05, 4.69) is 6.92 Å². The highest BCUT2D eigenvalue weighted by Crippen LogP contribution is 2.39. The molecule has 3 nitrogen and oxygen atoms in total. The largest absolute Gasteiger partial charge is 0.325 e. The van der Waals surface area contributed by atoms with Gasteiger partial charge >= 0.3 is 6.03 Å². The van der Waals surface area contributed by atoms with Crippen molar-refractivity contribution < 1.29 is 4.79 Å². The van der Waals surface area contributed by atoms with Crippen molar-refractivity contribution in [1.82, 2.24) is 4.90 Å². The maximum atomic E-state index is 12.3. The number of rotatable bonds is 1. The number of halogens is 1. The highest BCUT2D eigenvalue weighted by molar-refractivity contribution is 6.33. The Morgan fingerprint density at radius 2 is 2.12 bits per heavy atom. The van der Waals surface area contributed by atoms with Gasteiger partial charge in [-0.25, -0.2) is 4.79 Å². The molecule has 1 aromatic rings. The van der Waals surface area contributed by atoms with E-state index in [0.717, 1.165) is 31.6 Å². The van der Waals surface area contributed by atoms with Crippen LogP contribution in [0.15, 0.2) is 24.3 Å². The zero-order valence-electron chi connectivity index (χ0n) is 9.82. The van der Waals surface area contributed by atoms with E-state index in [9.17, 15) is 4.79 Å². The Balaban J connectivity index is 1.97. The fraction of sp³-hybridized carbons (Fsp3) is 0.462. The number of hydrogen-bond acceptors (Lipinski definition) is 1. The molecular weight excluding hydrogens is 236 g/mol. The summed E-state index contributed by atoms with van der Waals surface area (Å²) in [5.74, 6) is 0. The van der Waals surface area contributed by atoms with E-state index in [-0.39, 0.29) is 11.6 Å². The van der Waals surface area contributed by atoms with Gasteiger partial charge < -0.3 is 4.90 Å². The van der Waals surface area contributed by atoms with Crippen LogP contribution < -0.4 is 4.90 Å². The average Bonchev–Trinajstić information content (AvgIpc) is 2.78. The minimum atomic E-state index is -0.00372. The number of nitrogens with zero attached hydrogens (tertiary/aromatic N) is 2. The summed E-state index contributed by atoms with van der Waals surface area (Å²) in [5.41, 5.74) is 0.825. The molecule has 90 valence electrons. The lowest BCUT2D eigenvalue weighted by Crippen LogP contribution is -2.38. The fourth-order valence-electron chi connectivity index (χ4n) is 2.93. The predicted molar refractivity (Wildman–Crippen MR) is 68.5 cm³/mol. The molecule has 1 unspecified atom stereocenters. The molecule has 3 rings (SSSR count). The Bertz CT molecular complexity index is 476. The SMILES string of the molecule is CC12CCCN1C(=O)N(c1ccccc1Cl)C2. The van der Waals surface area contributed by atoms with E-state index in [1.165, 1.54) is 0 Å². The first kappa shape index (κ1) is 10.9. The highest BCUT2D eigenvalue weighted by Gasteiger charge is 2.49. The van der Waals surface area contributed by atoms with Gasteiger partial charge in [-0.1, -0.05) is 23.7 Å². The normalized spacial score (nSPS) is 27.8. The van der Waals surface area contributed by atoms with E-state index < -0.39 is 0 Å². The molecule has 0 aliphatic carbocycles. The maximum Gasteiger partial charge on any atom is 0.325 e. The summed E-state index contributed by atoms with van der Waals surface area (Å²) in [5, 5.41) is 0.644. The first-order valence-electron chi connectivity index (χ1n) is 5.95. The van der Waals surface area contributed by atoms with Crippen LogP contribution in [0, 0.1) is 0 Å². The van der Waals surface area contributed by atoms with E-state index in [0.29, 0.717) is 5.02 Å². The smallest absolute Gasteiger partial charge is 0.317 e. The fourth-order valence-corrected chi connectivity index (χ4v) is 3.16. The number of urea groups is 1. The number of benzene rings is 1. The second kappa shape index (κ2) is 3.64. The standard InChI is InChI=1S/C13H15ClN2O/c1-13-7-4-8-16(13)12(17)15(9-13)11-6-3-2-5-10(11)14/h2-3,5-6H,4,7-9H2,1H3. The number of amides is 2. The molecule has 1 aromatic carbocycles. The van der Waals surface area contributed by atoms with Crippen LogP contribution in [0.5, 0.6) is 0 Å². The van der Waals surface area contributed by atoms with Crippen molar-refractivity contribution in [2.45, 2.75) is 25.3 Å². The quantitative estimate of drug-likeness (QED) is 0.751. The van der Waals surface area contributed by atoms with Gasteiger partial charge in [0.2, 0.25) is 0 Å². The van der Waals surface area contributed by atoms with E-state index in [1.54, 1.807) is 0 Å². The molecule has 2 fully saturated rings. The topological polar surface area (TPSA) is 23.6 Å². The Hall–Kier alpha value is -1.22. The molecule has 4 heteroatoms. The summed E-state index contributed by atoms with van der Waals surface area (Å²) >= 11 is 6.16. The van der Waals surface area contributed by atoms with Gasteiger partial charge in [-0.05, 0) is 31.9 Å². The van der Waals surface area contributed by atoms with Crippen LogP contribution in [0.1, 0.15) is 19.8 Å². The van der Waals surface area contributed by atoms with E-state index in [1.807, 2.05) is 34.1 Å². The number of carbonyl (C=O) groups is 1. The molecule has 2 aliphatic heterocycles. The number of hydrogen-bond donors (Lipinski definition) is 0. The van der Waals surface area contributed by atoms with Gasteiger partial charge in [0.1, 0.15) is 0 Å². The molecule has 2 heterocycles. The number of anilines is 1. The minimum absolute atomic E-state index is 0.00372. The minimum Gasteiger partial charge on any atom is -0.317 e. The Morgan fingerprint density at radius 1 is 1.35 bits per heavy atom. The number of para-hydroxylation sites is 1. The highest BCUT2D eigenvalue weighted by atomic mass is 35.5. The lowest BCUT2D eigenvalue weighted by atomic mass is 10.0. The van der Waals surface area contributed by atoms with E-state index in [4.69, 9.17) is 11.6 Å². The summed E-state index contributed by atoms with van der Waals surface area (Å²) in [7, 11) is 0. The summed E-state index contributed by atoms with van der Waals surface area (Å²) in [6.45, 7) is 3.78. The maximum absolute atomic E-state index is 12.3. The number of fused-ring (bicyclic) bond motifs is 1. The zero-order valence-corrected chi connectivity index (χ0v) is 10.6. The monoisotopic (exact) mass is 250 g/mol. The first-order valence-corrected chi connectivity index (χ1v) is 6.33. The summed E-state index contributed by atoms with van der Waals surface area (Å²) in [4.78, 5) is 16.1. The lowest BCUT2D eigenvalue weighted by Gasteiger charge is -2.24. The van der Waals surface area contributed by atoms with Crippen LogP contribution in [0.4, 0.5) is 10.5 Å². The van der Waals surface area contributed by atoms with Gasteiger partial charge in [0.15, 0.2) is 0 Å². The molecule has 0 N–H and O–H groups in total. The second-order valence-corrected chi connectivity index (χ2v) is 5.48. The van der Waals surface area contributed by atoms with Crippen molar-refractivity contribution in [3.8, 4) is 0 Å². The van der Waals surface area contributed by atoms with Crippen molar-refractivity contribution >= 4 is 23.3 Å². The Labute approximate surface area is 106 Å². The molecule has 17 heavy (non-hydrogen) atoms.